The van der Waals surface area contributed by atoms with E-state index in [2.05, 4.69) is 5.32 Å². The summed E-state index contributed by atoms with van der Waals surface area (Å²) in [7, 11) is -7.30. The minimum Gasteiger partial charge on any atom is -0.379 e. The molecule has 168 valence electrons. The summed E-state index contributed by atoms with van der Waals surface area (Å²) in [5.74, 6) is -0.841. The van der Waals surface area contributed by atoms with Crippen molar-refractivity contribution in [2.75, 3.05) is 37.4 Å². The minimum absolute atomic E-state index is 0.0718. The van der Waals surface area contributed by atoms with Crippen LogP contribution in [0.2, 0.25) is 0 Å². The van der Waals surface area contributed by atoms with Gasteiger partial charge in [0.2, 0.25) is 15.9 Å². The van der Waals surface area contributed by atoms with E-state index in [0.717, 1.165) is 5.56 Å². The molecule has 1 aliphatic heterocycles. The van der Waals surface area contributed by atoms with Crippen molar-refractivity contribution in [3.8, 4) is 0 Å². The second kappa shape index (κ2) is 9.47. The lowest BCUT2D eigenvalue weighted by molar-refractivity contribution is -0.115. The van der Waals surface area contributed by atoms with Gasteiger partial charge in [0, 0.05) is 25.2 Å². The van der Waals surface area contributed by atoms with Crippen LogP contribution in [-0.2, 0) is 29.4 Å². The first-order valence-electron chi connectivity index (χ1n) is 9.87. The van der Waals surface area contributed by atoms with Gasteiger partial charge in [0.1, 0.15) is 0 Å². The fraction of sp³-hybridized carbons (Fsp3) is 0.381. The SMILES string of the molecule is Cc1ccc(S(=O)(=O)CCC(=O)Nc2cc(S(=O)(=O)N3CCOCC3)ccc2C)cc1. The molecule has 3 rings (SSSR count). The van der Waals surface area contributed by atoms with Crippen LogP contribution in [-0.4, -0.2) is 59.1 Å². The molecule has 2 aromatic carbocycles. The largest absolute Gasteiger partial charge is 0.379 e. The Kier molecular flexibility index (Phi) is 7.15. The van der Waals surface area contributed by atoms with Gasteiger partial charge in [0.25, 0.3) is 0 Å². The number of amides is 1. The number of rotatable bonds is 7. The topological polar surface area (TPSA) is 110 Å². The van der Waals surface area contributed by atoms with Gasteiger partial charge < -0.3 is 10.1 Å². The highest BCUT2D eigenvalue weighted by Crippen LogP contribution is 2.24. The lowest BCUT2D eigenvalue weighted by Gasteiger charge is -2.26. The molecular weight excluding hydrogens is 440 g/mol. The van der Waals surface area contributed by atoms with Crippen LogP contribution in [0.4, 0.5) is 5.69 Å². The van der Waals surface area contributed by atoms with Crippen LogP contribution in [0.1, 0.15) is 17.5 Å². The average Bonchev–Trinajstić information content (AvgIpc) is 2.75. The maximum Gasteiger partial charge on any atom is 0.243 e. The molecule has 0 atom stereocenters. The number of hydrogen-bond acceptors (Lipinski definition) is 6. The first kappa shape index (κ1) is 23.4. The van der Waals surface area contributed by atoms with E-state index in [1.54, 1.807) is 25.1 Å². The van der Waals surface area contributed by atoms with Crippen molar-refractivity contribution >= 4 is 31.5 Å². The molecule has 1 fully saturated rings. The minimum atomic E-state index is -3.71. The maximum absolute atomic E-state index is 12.9. The predicted octanol–water partition coefficient (Wildman–Crippen LogP) is 2.13. The molecule has 0 spiro atoms. The summed E-state index contributed by atoms with van der Waals surface area (Å²) in [5, 5.41) is 2.65. The van der Waals surface area contributed by atoms with Gasteiger partial charge in [-0.25, -0.2) is 16.8 Å². The molecule has 0 unspecified atom stereocenters. The number of morpholine rings is 1. The highest BCUT2D eigenvalue weighted by molar-refractivity contribution is 7.91. The Bertz CT molecular complexity index is 1150. The Balaban J connectivity index is 1.70. The Labute approximate surface area is 183 Å². The summed E-state index contributed by atoms with van der Waals surface area (Å²) < 4.78 is 57.2. The van der Waals surface area contributed by atoms with Gasteiger partial charge in [-0.1, -0.05) is 23.8 Å². The predicted molar refractivity (Wildman–Crippen MR) is 117 cm³/mol. The van der Waals surface area contributed by atoms with E-state index < -0.39 is 25.8 Å². The zero-order valence-corrected chi connectivity index (χ0v) is 19.1. The zero-order valence-electron chi connectivity index (χ0n) is 17.5. The number of hydrogen-bond donors (Lipinski definition) is 1. The second-order valence-corrected chi connectivity index (χ2v) is 11.5. The van der Waals surface area contributed by atoms with Crippen molar-refractivity contribution in [2.45, 2.75) is 30.1 Å². The summed E-state index contributed by atoms with van der Waals surface area (Å²) in [5.41, 5.74) is 1.96. The Morgan fingerprint density at radius 2 is 1.58 bits per heavy atom. The number of nitrogens with zero attached hydrogens (tertiary/aromatic N) is 1. The molecule has 0 aliphatic carbocycles. The number of benzene rings is 2. The van der Waals surface area contributed by atoms with Crippen LogP contribution < -0.4 is 5.32 Å². The molecule has 1 saturated heterocycles. The van der Waals surface area contributed by atoms with E-state index in [1.807, 2.05) is 6.92 Å². The van der Waals surface area contributed by atoms with Crippen LogP contribution in [0, 0.1) is 13.8 Å². The van der Waals surface area contributed by atoms with E-state index in [-0.39, 0.29) is 35.1 Å². The van der Waals surface area contributed by atoms with Crippen LogP contribution in [0.15, 0.2) is 52.3 Å². The maximum atomic E-state index is 12.9. The van der Waals surface area contributed by atoms with E-state index in [4.69, 9.17) is 4.74 Å². The highest BCUT2D eigenvalue weighted by Gasteiger charge is 2.27. The van der Waals surface area contributed by atoms with Gasteiger partial charge in [0.05, 0.1) is 28.8 Å². The van der Waals surface area contributed by atoms with Gasteiger partial charge in [0.15, 0.2) is 9.84 Å². The third kappa shape index (κ3) is 5.70. The van der Waals surface area contributed by atoms with Crippen molar-refractivity contribution in [1.29, 1.82) is 0 Å². The Morgan fingerprint density at radius 3 is 2.23 bits per heavy atom. The number of aryl methyl sites for hydroxylation is 2. The average molecular weight is 467 g/mol. The molecular formula is C21H26N2O6S2. The first-order valence-corrected chi connectivity index (χ1v) is 13.0. The third-order valence-electron chi connectivity index (χ3n) is 5.07. The van der Waals surface area contributed by atoms with Gasteiger partial charge in [-0.2, -0.15) is 4.31 Å². The zero-order chi connectivity index (χ0) is 22.6. The number of anilines is 1. The van der Waals surface area contributed by atoms with Crippen molar-refractivity contribution in [1.82, 2.24) is 4.31 Å². The standard InChI is InChI=1S/C21H26N2O6S2/c1-16-3-6-18(7-4-16)30(25,26)14-9-21(24)22-20-15-19(8-5-17(20)2)31(27,28)23-10-12-29-13-11-23/h3-8,15H,9-14H2,1-2H3,(H,22,24). The fourth-order valence-electron chi connectivity index (χ4n) is 3.14. The first-order chi connectivity index (χ1) is 14.6. The van der Waals surface area contributed by atoms with Gasteiger partial charge >= 0.3 is 0 Å². The Hall–Kier alpha value is -2.27. The van der Waals surface area contributed by atoms with Gasteiger partial charge in [-0.15, -0.1) is 0 Å². The monoisotopic (exact) mass is 466 g/mol. The number of nitrogens with one attached hydrogen (secondary N) is 1. The van der Waals surface area contributed by atoms with E-state index in [0.29, 0.717) is 24.5 Å². The third-order valence-corrected chi connectivity index (χ3v) is 8.70. The summed E-state index contributed by atoms with van der Waals surface area (Å²) in [4.78, 5) is 12.6. The van der Waals surface area contributed by atoms with Crippen molar-refractivity contribution in [3.63, 3.8) is 0 Å². The highest BCUT2D eigenvalue weighted by atomic mass is 32.2. The molecule has 2 aromatic rings. The number of sulfonamides is 1. The van der Waals surface area contributed by atoms with Crippen molar-refractivity contribution in [3.05, 3.63) is 53.6 Å². The molecule has 0 bridgehead atoms. The summed E-state index contributed by atoms with van der Waals surface area (Å²) >= 11 is 0. The molecule has 1 aliphatic rings. The Morgan fingerprint density at radius 1 is 0.968 bits per heavy atom. The number of carbonyl (C=O) groups is 1. The number of carbonyl (C=O) groups excluding carboxylic acids is 1. The van der Waals surface area contributed by atoms with Gasteiger partial charge in [-0.3, -0.25) is 4.79 Å². The lowest BCUT2D eigenvalue weighted by Crippen LogP contribution is -2.40. The molecule has 0 aromatic heterocycles. The van der Waals surface area contributed by atoms with Crippen LogP contribution in [0.5, 0.6) is 0 Å². The molecule has 1 amide bonds. The normalized spacial score (nSPS) is 15.5. The lowest BCUT2D eigenvalue weighted by atomic mass is 10.2. The van der Waals surface area contributed by atoms with Crippen LogP contribution in [0.3, 0.4) is 0 Å². The summed E-state index contributed by atoms with van der Waals surface area (Å²) in [6.07, 6.45) is -0.240. The number of ether oxygens (including phenoxy) is 1. The van der Waals surface area contributed by atoms with E-state index in [1.165, 1.54) is 28.6 Å². The molecule has 0 saturated carbocycles. The fourth-order valence-corrected chi connectivity index (χ4v) is 5.81. The molecule has 10 heteroatoms. The smallest absolute Gasteiger partial charge is 0.243 e. The summed E-state index contributed by atoms with van der Waals surface area (Å²) in [6.45, 7) is 4.82. The van der Waals surface area contributed by atoms with E-state index >= 15 is 0 Å². The van der Waals surface area contributed by atoms with Crippen molar-refractivity contribution < 1.29 is 26.4 Å². The number of sulfone groups is 1. The van der Waals surface area contributed by atoms with Crippen LogP contribution in [0.25, 0.3) is 0 Å². The quantitative estimate of drug-likeness (QED) is 0.669. The molecule has 1 N–H and O–H groups in total. The van der Waals surface area contributed by atoms with Crippen LogP contribution >= 0.6 is 0 Å². The molecule has 1 heterocycles. The van der Waals surface area contributed by atoms with Gasteiger partial charge in [-0.05, 0) is 43.7 Å². The molecule has 0 radical (unpaired) electrons. The van der Waals surface area contributed by atoms with E-state index in [9.17, 15) is 21.6 Å². The molecule has 31 heavy (non-hydrogen) atoms. The summed E-state index contributed by atoms with van der Waals surface area (Å²) in [6, 6.07) is 11.0. The van der Waals surface area contributed by atoms with Crippen molar-refractivity contribution in [2.24, 2.45) is 0 Å². The molecule has 8 nitrogen and oxygen atoms in total. The second-order valence-electron chi connectivity index (χ2n) is 7.42.